The van der Waals surface area contributed by atoms with Crippen LogP contribution in [0.3, 0.4) is 0 Å². The minimum Gasteiger partial charge on any atom is -0.492 e. The van der Waals surface area contributed by atoms with Crippen molar-refractivity contribution in [2.75, 3.05) is 26.3 Å². The number of piperidine rings is 1. The second-order valence-corrected chi connectivity index (χ2v) is 9.86. The number of hydrogen-bond acceptors (Lipinski definition) is 7. The Morgan fingerprint density at radius 3 is 2.73 bits per heavy atom. The molecule has 4 N–H and O–H groups in total. The fourth-order valence-corrected chi connectivity index (χ4v) is 4.73. The summed E-state index contributed by atoms with van der Waals surface area (Å²) in [6.07, 6.45) is 2.93. The Labute approximate surface area is 212 Å². The average Bonchev–Trinajstić information content (AvgIpc) is 3.64. The van der Waals surface area contributed by atoms with Crippen LogP contribution in [0.25, 0.3) is 22.3 Å². The summed E-state index contributed by atoms with van der Waals surface area (Å²) in [6, 6.07) is 2.50. The molecule has 196 valence electrons. The summed E-state index contributed by atoms with van der Waals surface area (Å²) in [5.41, 5.74) is 3.36. The number of nitrogens with zero attached hydrogens (tertiary/aromatic N) is 3. The van der Waals surface area contributed by atoms with Gasteiger partial charge in [-0.05, 0) is 50.7 Å². The number of aliphatic hydroxyl groups excluding tert-OH is 2. The minimum atomic E-state index is -0.975. The molecule has 10 nitrogen and oxygen atoms in total. The molecule has 11 heteroatoms. The predicted molar refractivity (Wildman–Crippen MR) is 133 cm³/mol. The molecule has 3 heterocycles. The van der Waals surface area contributed by atoms with E-state index in [-0.39, 0.29) is 12.4 Å². The van der Waals surface area contributed by atoms with Gasteiger partial charge in [-0.1, -0.05) is 0 Å². The number of H-pyrrole nitrogens is 1. The molecule has 1 saturated carbocycles. The number of ether oxygens (including phenoxy) is 1. The van der Waals surface area contributed by atoms with Crippen molar-refractivity contribution >= 4 is 22.8 Å². The summed E-state index contributed by atoms with van der Waals surface area (Å²) in [5.74, 6) is -0.375. The second kappa shape index (κ2) is 10.1. The molecule has 1 aliphatic heterocycles. The molecule has 2 amide bonds. The van der Waals surface area contributed by atoms with Gasteiger partial charge in [0.15, 0.2) is 0 Å². The third kappa shape index (κ3) is 5.01. The second-order valence-electron chi connectivity index (χ2n) is 9.86. The largest absolute Gasteiger partial charge is 0.492 e. The van der Waals surface area contributed by atoms with Crippen molar-refractivity contribution in [3.8, 4) is 17.0 Å². The first-order valence-electron chi connectivity index (χ1n) is 12.4. The highest BCUT2D eigenvalue weighted by Crippen LogP contribution is 2.37. The lowest BCUT2D eigenvalue weighted by Crippen LogP contribution is -2.55. The van der Waals surface area contributed by atoms with E-state index < -0.39 is 30.6 Å². The number of benzene rings is 1. The summed E-state index contributed by atoms with van der Waals surface area (Å²) in [6.45, 7) is 3.64. The number of aromatic nitrogens is 3. The lowest BCUT2D eigenvalue weighted by atomic mass is 10.0. The molecule has 2 fully saturated rings. The Hall–Kier alpha value is -3.57. The van der Waals surface area contributed by atoms with Crippen LogP contribution in [0.4, 0.5) is 4.39 Å². The quantitative estimate of drug-likeness (QED) is 0.379. The molecule has 2 atom stereocenters. The maximum Gasteiger partial charge on any atom is 0.255 e. The smallest absolute Gasteiger partial charge is 0.255 e. The average molecular weight is 512 g/mol. The molecule has 1 aliphatic carbocycles. The van der Waals surface area contributed by atoms with Crippen LogP contribution < -0.4 is 10.1 Å². The van der Waals surface area contributed by atoms with Crippen molar-refractivity contribution in [2.24, 2.45) is 5.92 Å². The van der Waals surface area contributed by atoms with E-state index in [9.17, 15) is 19.1 Å². The van der Waals surface area contributed by atoms with Crippen molar-refractivity contribution in [3.05, 3.63) is 41.1 Å². The van der Waals surface area contributed by atoms with E-state index in [1.807, 2.05) is 0 Å². The number of carbonyl (C=O) groups excluding carboxylic acids is 2. The fraction of sp³-hybridized carbons (Fsp3) is 0.462. The summed E-state index contributed by atoms with van der Waals surface area (Å²) >= 11 is 0. The summed E-state index contributed by atoms with van der Waals surface area (Å²) < 4.78 is 20.4. The van der Waals surface area contributed by atoms with E-state index in [0.717, 1.165) is 12.8 Å². The van der Waals surface area contributed by atoms with Gasteiger partial charge in [-0.15, -0.1) is 0 Å². The van der Waals surface area contributed by atoms with Crippen molar-refractivity contribution < 1.29 is 28.9 Å². The third-order valence-corrected chi connectivity index (χ3v) is 7.07. The highest BCUT2D eigenvalue weighted by molar-refractivity contribution is 6.09. The van der Waals surface area contributed by atoms with Crippen molar-refractivity contribution in [3.63, 3.8) is 0 Å². The van der Waals surface area contributed by atoms with Gasteiger partial charge in [0, 0.05) is 30.4 Å². The van der Waals surface area contributed by atoms with Gasteiger partial charge in [-0.2, -0.15) is 0 Å². The number of aromatic amines is 1. The number of fused-ring (bicyclic) bond motifs is 1. The Kier molecular flexibility index (Phi) is 6.82. The van der Waals surface area contributed by atoms with E-state index in [1.165, 1.54) is 17.3 Å². The first-order valence-corrected chi connectivity index (χ1v) is 12.4. The third-order valence-electron chi connectivity index (χ3n) is 7.07. The van der Waals surface area contributed by atoms with Gasteiger partial charge in [0.1, 0.15) is 35.7 Å². The molecule has 0 unspecified atom stereocenters. The summed E-state index contributed by atoms with van der Waals surface area (Å²) in [5, 5.41) is 22.4. The number of halogens is 1. The maximum atomic E-state index is 14.4. The molecule has 5 rings (SSSR count). The number of aryl methyl sites for hydroxylation is 2. The standard InChI is InChI=1S/C26H30FN5O5/c1-13-7-16(20(8-17(13)27)37-11-15-3-4-15)23-25-24(29-12-28-23)22(14(2)30-25)26(36)31-18-5-6-32(9-19(18)34)21(35)10-33/h7-8,12,15,18-19,30,33-34H,3-6,9-11H2,1-2H3,(H,31,36)/t18-,19-/m1/s1. The van der Waals surface area contributed by atoms with Crippen LogP contribution in [0.15, 0.2) is 18.5 Å². The zero-order valence-electron chi connectivity index (χ0n) is 20.8. The first-order chi connectivity index (χ1) is 17.8. The molecular weight excluding hydrogens is 481 g/mol. The van der Waals surface area contributed by atoms with E-state index >= 15 is 0 Å². The Balaban J connectivity index is 1.44. The van der Waals surface area contributed by atoms with Gasteiger partial charge in [-0.3, -0.25) is 9.59 Å². The Morgan fingerprint density at radius 1 is 1.24 bits per heavy atom. The van der Waals surface area contributed by atoms with Crippen molar-refractivity contribution in [1.29, 1.82) is 0 Å². The van der Waals surface area contributed by atoms with Crippen LogP contribution >= 0.6 is 0 Å². The summed E-state index contributed by atoms with van der Waals surface area (Å²) in [4.78, 5) is 38.5. The molecule has 0 spiro atoms. The van der Waals surface area contributed by atoms with Crippen LogP contribution in [-0.2, 0) is 4.79 Å². The number of β-amino-alcohol motifs (C(OH)–C–C–N with tert-alkyl or cyclic N) is 1. The molecule has 37 heavy (non-hydrogen) atoms. The Morgan fingerprint density at radius 2 is 2.03 bits per heavy atom. The number of rotatable bonds is 7. The number of hydrogen-bond donors (Lipinski definition) is 4. The zero-order valence-corrected chi connectivity index (χ0v) is 20.8. The normalized spacial score (nSPS) is 19.8. The molecule has 0 radical (unpaired) electrons. The van der Waals surface area contributed by atoms with E-state index in [0.29, 0.717) is 70.4 Å². The van der Waals surface area contributed by atoms with Crippen molar-refractivity contribution in [1.82, 2.24) is 25.2 Å². The Bertz CT molecular complexity index is 1350. The SMILES string of the molecule is Cc1cc(-c2ncnc3c(C(=O)N[C@@H]4CCN(C(=O)CO)C[C@H]4O)c(C)[nH]c23)c(OCC2CC2)cc1F. The van der Waals surface area contributed by atoms with E-state index in [1.54, 1.807) is 19.9 Å². The molecule has 2 aromatic heterocycles. The highest BCUT2D eigenvalue weighted by Gasteiger charge is 2.32. The van der Waals surface area contributed by atoms with Crippen LogP contribution in [0.5, 0.6) is 5.75 Å². The van der Waals surface area contributed by atoms with Crippen LogP contribution in [0, 0.1) is 25.6 Å². The molecule has 3 aromatic rings. The fourth-order valence-electron chi connectivity index (χ4n) is 4.73. The molecule has 1 aromatic carbocycles. The van der Waals surface area contributed by atoms with Gasteiger partial charge in [-0.25, -0.2) is 14.4 Å². The van der Waals surface area contributed by atoms with Gasteiger partial charge < -0.3 is 30.2 Å². The molecule has 0 bridgehead atoms. The number of amides is 2. The van der Waals surface area contributed by atoms with Crippen molar-refractivity contribution in [2.45, 2.75) is 45.3 Å². The summed E-state index contributed by atoms with van der Waals surface area (Å²) in [7, 11) is 0. The topological polar surface area (TPSA) is 141 Å². The number of carbonyl (C=O) groups is 2. The number of likely N-dealkylation sites (tertiary alicyclic amines) is 1. The molecule has 1 saturated heterocycles. The maximum absolute atomic E-state index is 14.4. The highest BCUT2D eigenvalue weighted by atomic mass is 19.1. The number of aliphatic hydroxyl groups is 2. The van der Waals surface area contributed by atoms with Crippen LogP contribution in [0.2, 0.25) is 0 Å². The first kappa shape index (κ1) is 25.1. The zero-order chi connectivity index (χ0) is 26.3. The van der Waals surface area contributed by atoms with Gasteiger partial charge in [0.05, 0.1) is 29.8 Å². The lowest BCUT2D eigenvalue weighted by molar-refractivity contribution is -0.137. The molecule has 2 aliphatic rings. The van der Waals surface area contributed by atoms with E-state index in [2.05, 4.69) is 20.3 Å². The van der Waals surface area contributed by atoms with E-state index in [4.69, 9.17) is 9.84 Å². The van der Waals surface area contributed by atoms with Crippen LogP contribution in [-0.4, -0.2) is 80.3 Å². The lowest BCUT2D eigenvalue weighted by Gasteiger charge is -2.36. The predicted octanol–water partition coefficient (Wildman–Crippen LogP) is 1.85. The molecular formula is C26H30FN5O5. The minimum absolute atomic E-state index is 0.0249. The van der Waals surface area contributed by atoms with Gasteiger partial charge in [0.25, 0.3) is 5.91 Å². The van der Waals surface area contributed by atoms with Gasteiger partial charge >= 0.3 is 0 Å². The van der Waals surface area contributed by atoms with Gasteiger partial charge in [0.2, 0.25) is 5.91 Å². The monoisotopic (exact) mass is 511 g/mol. The number of nitrogens with one attached hydrogen (secondary N) is 2. The van der Waals surface area contributed by atoms with Crippen LogP contribution in [0.1, 0.15) is 40.9 Å².